The summed E-state index contributed by atoms with van der Waals surface area (Å²) in [4.78, 5) is 20.8. The number of nitrogens with zero attached hydrogens (tertiary/aromatic N) is 2. The van der Waals surface area contributed by atoms with Gasteiger partial charge in [-0.1, -0.05) is 0 Å². The predicted molar refractivity (Wildman–Crippen MR) is 98.6 cm³/mol. The van der Waals surface area contributed by atoms with Crippen LogP contribution in [0.5, 0.6) is 0 Å². The first-order valence-corrected chi connectivity index (χ1v) is 10.4. The van der Waals surface area contributed by atoms with Gasteiger partial charge in [0.2, 0.25) is 0 Å². The normalized spacial score (nSPS) is 24.2. The lowest BCUT2D eigenvalue weighted by Gasteiger charge is -2.42. The molecule has 1 atom stereocenters. The molecule has 2 saturated heterocycles. The molecule has 0 radical (unpaired) electrons. The van der Waals surface area contributed by atoms with E-state index in [1.165, 1.54) is 11.3 Å². The van der Waals surface area contributed by atoms with E-state index in [0.29, 0.717) is 6.61 Å². The molecule has 0 N–H and O–H groups in total. The first-order valence-electron chi connectivity index (χ1n) is 9.54. The van der Waals surface area contributed by atoms with E-state index in [1.54, 1.807) is 11.3 Å². The van der Waals surface area contributed by atoms with Gasteiger partial charge in [0, 0.05) is 24.2 Å². The van der Waals surface area contributed by atoms with Crippen molar-refractivity contribution in [2.24, 2.45) is 5.41 Å². The highest BCUT2D eigenvalue weighted by Crippen LogP contribution is 2.40. The Bertz CT molecular complexity index is 561. The van der Waals surface area contributed by atoms with Gasteiger partial charge in [-0.25, -0.2) is 4.98 Å². The Kier molecular flexibility index (Phi) is 6.47. The van der Waals surface area contributed by atoms with Gasteiger partial charge in [0.05, 0.1) is 23.1 Å². The first-order chi connectivity index (χ1) is 12.1. The van der Waals surface area contributed by atoms with Gasteiger partial charge < -0.3 is 9.47 Å². The number of ether oxygens (including phenoxy) is 2. The van der Waals surface area contributed by atoms with Crippen molar-refractivity contribution in [3.63, 3.8) is 0 Å². The Morgan fingerprint density at radius 1 is 1.44 bits per heavy atom. The van der Waals surface area contributed by atoms with Gasteiger partial charge in [0.25, 0.3) is 0 Å². The lowest BCUT2D eigenvalue weighted by atomic mass is 9.73. The number of rotatable bonds is 6. The summed E-state index contributed by atoms with van der Waals surface area (Å²) in [6.07, 6.45) is 8.17. The molecule has 0 amide bonds. The number of hydrogen-bond donors (Lipinski definition) is 0. The van der Waals surface area contributed by atoms with Gasteiger partial charge in [-0.15, -0.1) is 11.3 Å². The Morgan fingerprint density at radius 2 is 2.24 bits per heavy atom. The van der Waals surface area contributed by atoms with Gasteiger partial charge in [0.15, 0.2) is 0 Å². The van der Waals surface area contributed by atoms with Crippen molar-refractivity contribution in [2.45, 2.75) is 65.0 Å². The van der Waals surface area contributed by atoms with Crippen LogP contribution in [0.1, 0.15) is 55.3 Å². The molecule has 25 heavy (non-hydrogen) atoms. The van der Waals surface area contributed by atoms with Crippen molar-refractivity contribution in [3.8, 4) is 0 Å². The lowest BCUT2D eigenvalue weighted by Crippen LogP contribution is -2.47. The number of piperidine rings is 1. The fourth-order valence-electron chi connectivity index (χ4n) is 4.02. The van der Waals surface area contributed by atoms with E-state index < -0.39 is 0 Å². The van der Waals surface area contributed by atoms with E-state index in [9.17, 15) is 4.79 Å². The van der Waals surface area contributed by atoms with E-state index in [1.807, 2.05) is 20.0 Å². The van der Waals surface area contributed by atoms with Gasteiger partial charge in [-0.3, -0.25) is 9.69 Å². The quantitative estimate of drug-likeness (QED) is 0.721. The third-order valence-electron chi connectivity index (χ3n) is 5.46. The molecule has 2 fully saturated rings. The zero-order chi connectivity index (χ0) is 17.7. The molecule has 5 nitrogen and oxygen atoms in total. The van der Waals surface area contributed by atoms with E-state index in [4.69, 9.17) is 9.47 Å². The van der Waals surface area contributed by atoms with Crippen LogP contribution in [-0.4, -0.2) is 48.3 Å². The van der Waals surface area contributed by atoms with Crippen LogP contribution in [-0.2, 0) is 20.8 Å². The van der Waals surface area contributed by atoms with Crippen molar-refractivity contribution in [1.29, 1.82) is 0 Å². The average molecular weight is 367 g/mol. The van der Waals surface area contributed by atoms with Crippen molar-refractivity contribution in [1.82, 2.24) is 9.88 Å². The van der Waals surface area contributed by atoms with E-state index in [2.05, 4.69) is 9.88 Å². The number of likely N-dealkylation sites (tertiary alicyclic amines) is 1. The average Bonchev–Trinajstić information content (AvgIpc) is 3.03. The minimum Gasteiger partial charge on any atom is -0.466 e. The molecule has 0 aliphatic carbocycles. The minimum absolute atomic E-state index is 0.0162. The summed E-state index contributed by atoms with van der Waals surface area (Å²) in [6.45, 7) is 8.02. The summed E-state index contributed by atoms with van der Waals surface area (Å²) in [5.41, 5.74) is -0.363. The molecule has 1 unspecified atom stereocenters. The van der Waals surface area contributed by atoms with E-state index in [-0.39, 0.29) is 17.5 Å². The van der Waals surface area contributed by atoms with Gasteiger partial charge in [-0.05, 0) is 65.5 Å². The summed E-state index contributed by atoms with van der Waals surface area (Å²) in [5, 5.41) is 1.11. The second-order valence-electron chi connectivity index (χ2n) is 7.32. The molecular weight excluding hydrogens is 336 g/mol. The van der Waals surface area contributed by atoms with Crippen LogP contribution in [0, 0.1) is 12.3 Å². The number of aromatic nitrogens is 1. The van der Waals surface area contributed by atoms with Crippen LogP contribution in [0.2, 0.25) is 0 Å². The second-order valence-corrected chi connectivity index (χ2v) is 8.63. The Hall–Kier alpha value is -0.980. The summed E-state index contributed by atoms with van der Waals surface area (Å²) in [7, 11) is 0. The van der Waals surface area contributed by atoms with Crippen LogP contribution in [0.4, 0.5) is 0 Å². The van der Waals surface area contributed by atoms with Crippen molar-refractivity contribution in [2.75, 3.05) is 26.3 Å². The Labute approximate surface area is 154 Å². The molecule has 0 spiro atoms. The maximum Gasteiger partial charge on any atom is 0.312 e. The molecule has 2 aliphatic heterocycles. The largest absolute Gasteiger partial charge is 0.466 e. The molecule has 6 heteroatoms. The monoisotopic (exact) mass is 366 g/mol. The van der Waals surface area contributed by atoms with Crippen LogP contribution in [0.3, 0.4) is 0 Å². The number of thiazole rings is 1. The SMILES string of the molecule is CCOC(=O)C1(CC2CCCCO2)CCN(Cc2cnc(C)s2)CC1. The summed E-state index contributed by atoms with van der Waals surface area (Å²) in [6, 6.07) is 0. The summed E-state index contributed by atoms with van der Waals surface area (Å²) < 4.78 is 11.4. The zero-order valence-corrected chi connectivity index (χ0v) is 16.3. The predicted octanol–water partition coefficient (Wildman–Crippen LogP) is 3.56. The first kappa shape index (κ1) is 18.8. The summed E-state index contributed by atoms with van der Waals surface area (Å²) in [5.74, 6) is -0.0162. The molecule has 0 aromatic carbocycles. The molecule has 140 valence electrons. The minimum atomic E-state index is -0.363. The van der Waals surface area contributed by atoms with Gasteiger partial charge in [0.1, 0.15) is 0 Å². The van der Waals surface area contributed by atoms with Crippen molar-refractivity contribution in [3.05, 3.63) is 16.1 Å². The van der Waals surface area contributed by atoms with Gasteiger partial charge in [-0.2, -0.15) is 0 Å². The van der Waals surface area contributed by atoms with Crippen LogP contribution in [0.25, 0.3) is 0 Å². The number of aryl methyl sites for hydroxylation is 1. The highest BCUT2D eigenvalue weighted by atomic mass is 32.1. The standard InChI is InChI=1S/C19H30N2O3S/c1-3-23-18(22)19(12-16-6-4-5-11-24-16)7-9-21(10-8-19)14-17-13-20-15(2)25-17/h13,16H,3-12,14H2,1-2H3. The summed E-state index contributed by atoms with van der Waals surface area (Å²) >= 11 is 1.76. The molecule has 1 aromatic rings. The molecule has 3 heterocycles. The zero-order valence-electron chi connectivity index (χ0n) is 15.5. The molecule has 0 bridgehead atoms. The second kappa shape index (κ2) is 8.60. The maximum atomic E-state index is 12.8. The number of esters is 1. The highest BCUT2D eigenvalue weighted by molar-refractivity contribution is 7.11. The van der Waals surface area contributed by atoms with Crippen molar-refractivity contribution >= 4 is 17.3 Å². The van der Waals surface area contributed by atoms with Crippen LogP contribution in [0.15, 0.2) is 6.20 Å². The third-order valence-corrected chi connectivity index (χ3v) is 6.36. The Balaban J connectivity index is 1.61. The topological polar surface area (TPSA) is 51.7 Å². The Morgan fingerprint density at radius 3 is 2.84 bits per heavy atom. The van der Waals surface area contributed by atoms with Gasteiger partial charge >= 0.3 is 5.97 Å². The highest BCUT2D eigenvalue weighted by Gasteiger charge is 2.44. The fourth-order valence-corrected chi connectivity index (χ4v) is 4.86. The smallest absolute Gasteiger partial charge is 0.312 e. The molecule has 0 saturated carbocycles. The van der Waals surface area contributed by atoms with Crippen LogP contribution < -0.4 is 0 Å². The number of hydrogen-bond acceptors (Lipinski definition) is 6. The van der Waals surface area contributed by atoms with Crippen molar-refractivity contribution < 1.29 is 14.3 Å². The third kappa shape index (κ3) is 4.80. The number of carbonyl (C=O) groups excluding carboxylic acids is 1. The van der Waals surface area contributed by atoms with Crippen LogP contribution >= 0.6 is 11.3 Å². The molecule has 3 rings (SSSR count). The molecule has 2 aliphatic rings. The van der Waals surface area contributed by atoms with E-state index >= 15 is 0 Å². The fraction of sp³-hybridized carbons (Fsp3) is 0.789. The molecular formula is C19H30N2O3S. The number of carbonyl (C=O) groups is 1. The van der Waals surface area contributed by atoms with E-state index in [0.717, 1.165) is 63.4 Å². The maximum absolute atomic E-state index is 12.8. The molecule has 1 aromatic heterocycles. The lowest BCUT2D eigenvalue weighted by molar-refractivity contribution is -0.162.